The molecule has 0 aliphatic carbocycles. The number of alkyl halides is 6. The Morgan fingerprint density at radius 2 is 1.61 bits per heavy atom. The number of non-ortho nitro benzene ring substituents is 1. The first-order valence-electron chi connectivity index (χ1n) is 5.71. The summed E-state index contributed by atoms with van der Waals surface area (Å²) in [7, 11) is 0. The number of nitro groups is 1. The summed E-state index contributed by atoms with van der Waals surface area (Å²) in [6, 6.07) is 0.280. The number of carbonyl (C=O) groups excluding carboxylic acids is 1. The van der Waals surface area contributed by atoms with E-state index in [0.717, 1.165) is 24.3 Å². The van der Waals surface area contributed by atoms with Gasteiger partial charge in [0, 0.05) is 12.1 Å². The van der Waals surface area contributed by atoms with E-state index in [0.29, 0.717) is 5.32 Å². The molecule has 23 heavy (non-hydrogen) atoms. The minimum absolute atomic E-state index is 0.140. The fourth-order valence-electron chi connectivity index (χ4n) is 1.37. The molecule has 1 rings (SSSR count). The third-order valence-corrected chi connectivity index (χ3v) is 2.43. The van der Waals surface area contributed by atoms with Crippen LogP contribution in [0.1, 0.15) is 5.56 Å². The third kappa shape index (κ3) is 5.64. The average Bonchev–Trinajstić information content (AvgIpc) is 2.40. The molecule has 6 nitrogen and oxygen atoms in total. The van der Waals surface area contributed by atoms with Crippen LogP contribution in [0.2, 0.25) is 0 Å². The molecule has 1 amide bonds. The van der Waals surface area contributed by atoms with E-state index < -0.39 is 36.0 Å². The normalized spacial score (nSPS) is 12.1. The number of hydrogen-bond acceptors (Lipinski definition) is 4. The van der Waals surface area contributed by atoms with Gasteiger partial charge in [-0.15, -0.1) is 0 Å². The van der Waals surface area contributed by atoms with Crippen LogP contribution < -0.4 is 5.32 Å². The van der Waals surface area contributed by atoms with Crippen molar-refractivity contribution >= 4 is 11.8 Å². The van der Waals surface area contributed by atoms with Gasteiger partial charge in [-0.1, -0.05) is 0 Å². The van der Waals surface area contributed by atoms with Crippen LogP contribution in [0.25, 0.3) is 0 Å². The van der Waals surface area contributed by atoms with Crippen molar-refractivity contribution in [1.82, 2.24) is 5.32 Å². The van der Waals surface area contributed by atoms with Crippen LogP contribution in [0.15, 0.2) is 24.3 Å². The summed E-state index contributed by atoms with van der Waals surface area (Å²) < 4.78 is 77.5. The van der Waals surface area contributed by atoms with E-state index >= 15 is 0 Å². The number of halogens is 6. The maximum absolute atomic E-state index is 12.2. The van der Waals surface area contributed by atoms with Gasteiger partial charge in [-0.25, -0.2) is 4.79 Å². The molecule has 0 aromatic heterocycles. The van der Waals surface area contributed by atoms with E-state index in [4.69, 9.17) is 0 Å². The Morgan fingerprint density at radius 1 is 1.13 bits per heavy atom. The van der Waals surface area contributed by atoms with Gasteiger partial charge in [0.2, 0.25) is 6.04 Å². The lowest BCUT2D eigenvalue weighted by molar-refractivity contribution is -0.384. The molecular formula is C11H8F6N2O4. The van der Waals surface area contributed by atoms with Crippen molar-refractivity contribution in [2.45, 2.75) is 25.0 Å². The lowest BCUT2D eigenvalue weighted by atomic mass is 10.2. The van der Waals surface area contributed by atoms with Gasteiger partial charge in [0.25, 0.3) is 5.69 Å². The summed E-state index contributed by atoms with van der Waals surface area (Å²) in [5.74, 6) is 0. The molecule has 0 atom stereocenters. The Balaban J connectivity index is 2.64. The molecule has 0 unspecified atom stereocenters. The van der Waals surface area contributed by atoms with Crippen LogP contribution in [0, 0.1) is 10.1 Å². The van der Waals surface area contributed by atoms with E-state index in [1.54, 1.807) is 0 Å². The van der Waals surface area contributed by atoms with Crippen LogP contribution in [0.5, 0.6) is 0 Å². The Kier molecular flexibility index (Phi) is 5.40. The number of nitrogens with zero attached hydrogens (tertiary/aromatic N) is 1. The molecule has 0 aliphatic heterocycles. The van der Waals surface area contributed by atoms with Gasteiger partial charge in [-0.05, 0) is 17.7 Å². The van der Waals surface area contributed by atoms with Crippen molar-refractivity contribution in [3.05, 3.63) is 39.9 Å². The van der Waals surface area contributed by atoms with Crippen molar-refractivity contribution in [2.75, 3.05) is 0 Å². The number of nitro benzene ring substituents is 1. The summed E-state index contributed by atoms with van der Waals surface area (Å²) in [5.41, 5.74) is -0.145. The number of nitrogens with one attached hydrogen (secondary N) is 1. The maximum Gasteiger partial charge on any atom is 0.417 e. The molecule has 0 saturated heterocycles. The lowest BCUT2D eigenvalue weighted by Gasteiger charge is -2.23. The fraction of sp³-hybridized carbons (Fsp3) is 0.364. The van der Waals surface area contributed by atoms with Crippen LogP contribution in [0.3, 0.4) is 0 Å². The Bertz CT molecular complexity index is 555. The third-order valence-electron chi connectivity index (χ3n) is 2.43. The number of hydrogen-bond donors (Lipinski definition) is 1. The van der Waals surface area contributed by atoms with Gasteiger partial charge in [0.15, 0.2) is 0 Å². The first-order valence-corrected chi connectivity index (χ1v) is 5.71. The molecule has 0 bridgehead atoms. The monoisotopic (exact) mass is 346 g/mol. The summed E-state index contributed by atoms with van der Waals surface area (Å²) >= 11 is 0. The highest BCUT2D eigenvalue weighted by Crippen LogP contribution is 2.33. The zero-order valence-electron chi connectivity index (χ0n) is 10.9. The molecule has 1 aromatic carbocycles. The van der Waals surface area contributed by atoms with Crippen LogP contribution in [-0.4, -0.2) is 29.4 Å². The van der Waals surface area contributed by atoms with Gasteiger partial charge in [0.1, 0.15) is 6.61 Å². The molecule has 0 spiro atoms. The van der Waals surface area contributed by atoms with Crippen molar-refractivity contribution < 1.29 is 40.8 Å². The molecule has 0 aliphatic rings. The average molecular weight is 346 g/mol. The second-order valence-electron chi connectivity index (χ2n) is 4.16. The highest BCUT2D eigenvalue weighted by molar-refractivity contribution is 5.67. The molecule has 12 heteroatoms. The molecule has 0 saturated carbocycles. The summed E-state index contributed by atoms with van der Waals surface area (Å²) in [6.45, 7) is -0.660. The zero-order valence-corrected chi connectivity index (χ0v) is 10.9. The van der Waals surface area contributed by atoms with Gasteiger partial charge < -0.3 is 10.1 Å². The fourth-order valence-corrected chi connectivity index (χ4v) is 1.37. The minimum Gasteiger partial charge on any atom is -0.445 e. The Labute approximate surface area is 124 Å². The molecular weight excluding hydrogens is 338 g/mol. The second kappa shape index (κ2) is 6.71. The Morgan fingerprint density at radius 3 is 2.00 bits per heavy atom. The van der Waals surface area contributed by atoms with Crippen molar-refractivity contribution in [2.24, 2.45) is 0 Å². The van der Waals surface area contributed by atoms with Gasteiger partial charge in [0.05, 0.1) is 4.92 Å². The highest BCUT2D eigenvalue weighted by Gasteiger charge is 2.57. The first-order chi connectivity index (χ1) is 10.4. The standard InChI is InChI=1S/C11H8F6N2O4/c12-10(13,14)8(11(15,16)17)18-9(20)23-5-6-1-3-7(4-2-6)19(21)22/h1-4,8H,5H2,(H,18,20). The molecule has 0 radical (unpaired) electrons. The smallest absolute Gasteiger partial charge is 0.417 e. The number of rotatable bonds is 4. The number of benzene rings is 1. The topological polar surface area (TPSA) is 81.5 Å². The van der Waals surface area contributed by atoms with Crippen LogP contribution in [-0.2, 0) is 11.3 Å². The quantitative estimate of drug-likeness (QED) is 0.515. The largest absolute Gasteiger partial charge is 0.445 e. The summed E-state index contributed by atoms with van der Waals surface area (Å²) in [5, 5.41) is 11.1. The summed E-state index contributed by atoms with van der Waals surface area (Å²) in [4.78, 5) is 20.7. The van der Waals surface area contributed by atoms with E-state index in [-0.39, 0.29) is 11.3 Å². The predicted octanol–water partition coefficient (Wildman–Crippen LogP) is 3.31. The molecule has 0 fully saturated rings. The lowest BCUT2D eigenvalue weighted by Crippen LogP contribution is -2.54. The minimum atomic E-state index is -5.73. The predicted molar refractivity (Wildman–Crippen MR) is 62.3 cm³/mol. The zero-order chi connectivity index (χ0) is 17.8. The highest BCUT2D eigenvalue weighted by atomic mass is 19.4. The molecule has 1 aromatic rings. The van der Waals surface area contributed by atoms with Gasteiger partial charge in [-0.2, -0.15) is 26.3 Å². The van der Waals surface area contributed by atoms with Crippen molar-refractivity contribution in [3.8, 4) is 0 Å². The Hall–Kier alpha value is -2.53. The first kappa shape index (κ1) is 18.5. The number of amides is 1. The maximum atomic E-state index is 12.2. The van der Waals surface area contributed by atoms with Crippen LogP contribution in [0.4, 0.5) is 36.8 Å². The van der Waals surface area contributed by atoms with E-state index in [1.165, 1.54) is 0 Å². The summed E-state index contributed by atoms with van der Waals surface area (Å²) in [6.07, 6.45) is -13.4. The van der Waals surface area contributed by atoms with E-state index in [2.05, 4.69) is 4.74 Å². The SMILES string of the molecule is O=C(NC(C(F)(F)F)C(F)(F)F)OCc1ccc([N+](=O)[O-])cc1. The molecule has 128 valence electrons. The van der Waals surface area contributed by atoms with E-state index in [1.807, 2.05) is 0 Å². The molecule has 1 N–H and O–H groups in total. The van der Waals surface area contributed by atoms with Crippen LogP contribution >= 0.6 is 0 Å². The number of ether oxygens (including phenoxy) is 1. The van der Waals surface area contributed by atoms with Crippen molar-refractivity contribution in [1.29, 1.82) is 0 Å². The van der Waals surface area contributed by atoms with Gasteiger partial charge >= 0.3 is 18.4 Å². The van der Waals surface area contributed by atoms with Gasteiger partial charge in [-0.3, -0.25) is 10.1 Å². The van der Waals surface area contributed by atoms with Crippen molar-refractivity contribution in [3.63, 3.8) is 0 Å². The second-order valence-corrected chi connectivity index (χ2v) is 4.16. The number of alkyl carbamates (subject to hydrolysis) is 1. The number of carbonyl (C=O) groups is 1. The molecule has 0 heterocycles. The van der Waals surface area contributed by atoms with E-state index in [9.17, 15) is 41.3 Å².